The quantitative estimate of drug-likeness (QED) is 0.702. The van der Waals surface area contributed by atoms with Crippen molar-refractivity contribution in [2.75, 3.05) is 32.7 Å². The topological polar surface area (TPSA) is 40.0 Å². The van der Waals surface area contributed by atoms with Gasteiger partial charge in [-0.25, -0.2) is 0 Å². The summed E-state index contributed by atoms with van der Waals surface area (Å²) in [5.74, 6) is 2.92. The van der Waals surface area contributed by atoms with Gasteiger partial charge in [0.05, 0.1) is 24.8 Å². The van der Waals surface area contributed by atoms with Crippen molar-refractivity contribution >= 4 is 23.0 Å². The zero-order valence-electron chi connectivity index (χ0n) is 16.7. The van der Waals surface area contributed by atoms with E-state index in [1.54, 1.807) is 0 Å². The number of rotatable bonds is 9. The van der Waals surface area contributed by atoms with Crippen LogP contribution in [0.3, 0.4) is 0 Å². The maximum absolute atomic E-state index is 4.80. The third kappa shape index (κ3) is 4.82. The Labute approximate surface area is 172 Å². The highest BCUT2D eigenvalue weighted by Crippen LogP contribution is 2.19. The highest BCUT2D eigenvalue weighted by Gasteiger charge is 2.19. The molecule has 148 valence electrons. The van der Waals surface area contributed by atoms with Gasteiger partial charge in [0.25, 0.3) is 0 Å². The van der Waals surface area contributed by atoms with Crippen LogP contribution in [0.1, 0.15) is 29.3 Å². The fourth-order valence-electron chi connectivity index (χ4n) is 4.13. The summed E-state index contributed by atoms with van der Waals surface area (Å²) in [4.78, 5) is 13.4. The van der Waals surface area contributed by atoms with Gasteiger partial charge in [-0.2, -0.15) is 0 Å². The molecule has 0 bridgehead atoms. The molecule has 4 nitrogen and oxygen atoms in total. The number of aryl methyl sites for hydroxylation is 1. The average Bonchev–Trinajstić information content (AvgIpc) is 3.48. The van der Waals surface area contributed by atoms with Crippen molar-refractivity contribution in [3.63, 3.8) is 0 Å². The van der Waals surface area contributed by atoms with E-state index in [9.17, 15) is 0 Å². The zero-order chi connectivity index (χ0) is 19.2. The molecule has 0 spiro atoms. The number of thiophene rings is 1. The first kappa shape index (κ1) is 19.2. The molecule has 1 aromatic carbocycles. The smallest absolute Gasteiger partial charge is 0.0996 e. The Morgan fingerprint density at radius 1 is 1.04 bits per heavy atom. The molecule has 0 radical (unpaired) electrons. The molecule has 1 N–H and O–H groups in total. The predicted molar refractivity (Wildman–Crippen MR) is 120 cm³/mol. The van der Waals surface area contributed by atoms with Crippen LogP contribution < -0.4 is 5.32 Å². The molecule has 0 saturated carbocycles. The van der Waals surface area contributed by atoms with Crippen molar-refractivity contribution in [1.29, 1.82) is 0 Å². The number of benzene rings is 1. The van der Waals surface area contributed by atoms with Gasteiger partial charge in [-0.05, 0) is 41.8 Å². The molecule has 3 heterocycles. The highest BCUT2D eigenvalue weighted by molar-refractivity contribution is 7.09. The molecule has 28 heavy (non-hydrogen) atoms. The molecule has 0 unspecified atom stereocenters. The van der Waals surface area contributed by atoms with Gasteiger partial charge in [0.15, 0.2) is 0 Å². The Morgan fingerprint density at radius 2 is 1.93 bits per heavy atom. The number of nitrogens with one attached hydrogen (secondary N) is 1. The first-order chi connectivity index (χ1) is 13.8. The second-order valence-electron chi connectivity index (χ2n) is 7.68. The van der Waals surface area contributed by atoms with E-state index in [-0.39, 0.29) is 0 Å². The van der Waals surface area contributed by atoms with E-state index in [4.69, 9.17) is 4.99 Å². The fourth-order valence-corrected chi connectivity index (χ4v) is 4.82. The van der Waals surface area contributed by atoms with Crippen molar-refractivity contribution in [2.24, 2.45) is 15.9 Å². The van der Waals surface area contributed by atoms with Crippen LogP contribution in [0.25, 0.3) is 0 Å². The molecular weight excluding hydrogens is 364 g/mol. The van der Waals surface area contributed by atoms with E-state index in [1.165, 1.54) is 27.7 Å². The Balaban J connectivity index is 1.34. The summed E-state index contributed by atoms with van der Waals surface area (Å²) in [7, 11) is 0. The molecule has 2 aliphatic rings. The van der Waals surface area contributed by atoms with E-state index >= 15 is 0 Å². The Hall–Kier alpha value is -2.14. The van der Waals surface area contributed by atoms with E-state index < -0.39 is 0 Å². The van der Waals surface area contributed by atoms with Crippen molar-refractivity contribution in [2.45, 2.75) is 32.6 Å². The monoisotopic (exact) mass is 394 g/mol. The van der Waals surface area contributed by atoms with Gasteiger partial charge in [0.2, 0.25) is 0 Å². The SMILES string of the molecule is C[C@@H](Cc1ccccc1CCC1=NCCN1CCc1cccs1)C1=NCCN1. The summed E-state index contributed by atoms with van der Waals surface area (Å²) in [6.07, 6.45) is 4.28. The summed E-state index contributed by atoms with van der Waals surface area (Å²) in [6, 6.07) is 13.3. The second kappa shape index (κ2) is 9.37. The molecule has 0 aliphatic carbocycles. The van der Waals surface area contributed by atoms with Crippen molar-refractivity contribution in [3.05, 3.63) is 57.8 Å². The predicted octanol–water partition coefficient (Wildman–Crippen LogP) is 3.82. The lowest BCUT2D eigenvalue weighted by Gasteiger charge is -2.21. The van der Waals surface area contributed by atoms with Crippen LogP contribution in [0.15, 0.2) is 51.8 Å². The van der Waals surface area contributed by atoms with Crippen molar-refractivity contribution in [3.8, 4) is 0 Å². The largest absolute Gasteiger partial charge is 0.372 e. The van der Waals surface area contributed by atoms with Gasteiger partial charge in [-0.3, -0.25) is 9.98 Å². The molecule has 0 fully saturated rings. The molecule has 1 aromatic heterocycles. The van der Waals surface area contributed by atoms with Crippen LogP contribution in [-0.2, 0) is 19.3 Å². The molecule has 0 saturated heterocycles. The van der Waals surface area contributed by atoms with Gasteiger partial charge < -0.3 is 10.2 Å². The lowest BCUT2D eigenvalue weighted by atomic mass is 9.93. The summed E-state index contributed by atoms with van der Waals surface area (Å²) in [5.41, 5.74) is 2.91. The lowest BCUT2D eigenvalue weighted by Crippen LogP contribution is -2.30. The van der Waals surface area contributed by atoms with E-state index in [1.807, 2.05) is 11.3 Å². The third-order valence-electron chi connectivity index (χ3n) is 5.67. The highest BCUT2D eigenvalue weighted by atomic mass is 32.1. The van der Waals surface area contributed by atoms with Crippen LogP contribution in [0.5, 0.6) is 0 Å². The van der Waals surface area contributed by atoms with Crippen LogP contribution in [0.4, 0.5) is 0 Å². The van der Waals surface area contributed by atoms with Crippen LogP contribution in [-0.4, -0.2) is 49.3 Å². The van der Waals surface area contributed by atoms with Gasteiger partial charge >= 0.3 is 0 Å². The van der Waals surface area contributed by atoms with Gasteiger partial charge in [-0.1, -0.05) is 37.3 Å². The third-order valence-corrected chi connectivity index (χ3v) is 6.60. The van der Waals surface area contributed by atoms with Crippen LogP contribution in [0.2, 0.25) is 0 Å². The fraction of sp³-hybridized carbons (Fsp3) is 0.478. The number of hydrogen-bond acceptors (Lipinski definition) is 5. The number of amidine groups is 2. The molecule has 2 aromatic rings. The summed E-state index contributed by atoms with van der Waals surface area (Å²) in [5, 5.41) is 5.59. The Bertz CT molecular complexity index is 825. The zero-order valence-corrected chi connectivity index (χ0v) is 17.5. The Morgan fingerprint density at radius 3 is 2.71 bits per heavy atom. The second-order valence-corrected chi connectivity index (χ2v) is 8.71. The minimum Gasteiger partial charge on any atom is -0.372 e. The number of nitrogens with zero attached hydrogens (tertiary/aromatic N) is 3. The van der Waals surface area contributed by atoms with Gasteiger partial charge in [0.1, 0.15) is 0 Å². The molecule has 1 atom stereocenters. The molecular formula is C23H30N4S. The maximum Gasteiger partial charge on any atom is 0.0996 e. The van der Waals surface area contributed by atoms with E-state index in [0.717, 1.165) is 58.4 Å². The van der Waals surface area contributed by atoms with Gasteiger partial charge in [-0.15, -0.1) is 11.3 Å². The molecule has 5 heteroatoms. The summed E-state index contributed by atoms with van der Waals surface area (Å²) >= 11 is 1.85. The first-order valence-electron chi connectivity index (χ1n) is 10.5. The molecule has 0 amide bonds. The van der Waals surface area contributed by atoms with E-state index in [2.05, 4.69) is 63.9 Å². The minimum atomic E-state index is 0.453. The van der Waals surface area contributed by atoms with Gasteiger partial charge in [0, 0.05) is 36.9 Å². The first-order valence-corrected chi connectivity index (χ1v) is 11.3. The van der Waals surface area contributed by atoms with Crippen LogP contribution in [0, 0.1) is 5.92 Å². The normalized spacial score (nSPS) is 17.4. The molecule has 2 aliphatic heterocycles. The Kier molecular flexibility index (Phi) is 6.42. The number of aliphatic imine (C=N–C) groups is 2. The van der Waals surface area contributed by atoms with Crippen LogP contribution >= 0.6 is 11.3 Å². The maximum atomic E-state index is 4.80. The molecule has 4 rings (SSSR count). The summed E-state index contributed by atoms with van der Waals surface area (Å²) < 4.78 is 0. The lowest BCUT2D eigenvalue weighted by molar-refractivity contribution is 0.454. The van der Waals surface area contributed by atoms with Crippen molar-refractivity contribution in [1.82, 2.24) is 10.2 Å². The van der Waals surface area contributed by atoms with E-state index in [0.29, 0.717) is 5.92 Å². The standard InChI is InChI=1S/C23H30N4S/c1-18(23-25-11-12-26-23)17-20-6-3-2-5-19(20)8-9-22-24-13-15-27(22)14-10-21-7-4-16-28-21/h2-7,16,18H,8-15,17H2,1H3,(H,25,26)/t18-/m0/s1. The number of hydrogen-bond donors (Lipinski definition) is 1. The van der Waals surface area contributed by atoms with Crippen molar-refractivity contribution < 1.29 is 0 Å². The minimum absolute atomic E-state index is 0.453. The average molecular weight is 395 g/mol. The summed E-state index contributed by atoms with van der Waals surface area (Å²) in [6.45, 7) is 7.30.